The van der Waals surface area contributed by atoms with Crippen LogP contribution in [-0.4, -0.2) is 89.0 Å². The third-order valence-electron chi connectivity index (χ3n) is 9.88. The Hall–Kier alpha value is -5.17. The molecular weight excluding hydrogens is 598 g/mol. The normalized spacial score (nSPS) is 17.1. The first-order chi connectivity index (χ1) is 22.7. The van der Waals surface area contributed by atoms with Crippen molar-refractivity contribution in [1.82, 2.24) is 39.6 Å². The highest BCUT2D eigenvalue weighted by Crippen LogP contribution is 2.50. The number of nitrogens with zero attached hydrogens (tertiary/aromatic N) is 9. The van der Waals surface area contributed by atoms with Crippen molar-refractivity contribution in [1.29, 1.82) is 0 Å². The van der Waals surface area contributed by atoms with E-state index in [9.17, 15) is 9.59 Å². The molecule has 6 heterocycles. The molecule has 3 aliphatic rings. The van der Waals surface area contributed by atoms with Crippen molar-refractivity contribution in [3.63, 3.8) is 0 Å². The van der Waals surface area contributed by atoms with Crippen LogP contribution in [0.5, 0.6) is 0 Å². The second-order valence-corrected chi connectivity index (χ2v) is 13.0. The number of hydrogen-bond acceptors (Lipinski definition) is 9. The third kappa shape index (κ3) is 5.29. The van der Waals surface area contributed by atoms with Gasteiger partial charge < -0.3 is 19.6 Å². The van der Waals surface area contributed by atoms with Crippen molar-refractivity contribution in [2.24, 2.45) is 12.5 Å². The van der Waals surface area contributed by atoms with Crippen LogP contribution in [0.15, 0.2) is 55.0 Å². The van der Waals surface area contributed by atoms with E-state index in [1.807, 2.05) is 46.0 Å². The number of aryl methyl sites for hydroxylation is 1. The fraction of sp³-hybridized carbons (Fsp3) is 0.382. The highest BCUT2D eigenvalue weighted by Gasteiger charge is 2.53. The van der Waals surface area contributed by atoms with Crippen LogP contribution in [-0.2, 0) is 36.1 Å². The van der Waals surface area contributed by atoms with Crippen LogP contribution in [0.1, 0.15) is 41.5 Å². The Bertz CT molecular complexity index is 2000. The molecule has 1 saturated carbocycles. The molecule has 0 unspecified atom stereocenters. The van der Waals surface area contributed by atoms with Crippen LogP contribution in [0, 0.1) is 5.41 Å². The molecule has 1 aliphatic carbocycles. The van der Waals surface area contributed by atoms with E-state index in [1.54, 1.807) is 13.0 Å². The summed E-state index contributed by atoms with van der Waals surface area (Å²) in [4.78, 5) is 32.0. The maximum absolute atomic E-state index is 12.1. The van der Waals surface area contributed by atoms with Crippen molar-refractivity contribution < 1.29 is 19.4 Å². The van der Waals surface area contributed by atoms with Gasteiger partial charge >= 0.3 is 5.97 Å². The summed E-state index contributed by atoms with van der Waals surface area (Å²) in [7, 11) is 1.98. The standard InChI is InChI=1S/C34H35N9O4/c1-21(44)41-9-8-30-27(18-41)32(39-40(30)2)25-5-3-4-22-12-29(35-16-26(22)25)23-15-36-43(17-23)10-11-47-24-13-34(14-24)19-42(20-34)31-7-6-28(33(45)46)37-38-31/h3-7,12,15-17,24H,8-11,13-14,18-20H2,1-2H3,(H,45,46). The number of amides is 1. The highest BCUT2D eigenvalue weighted by molar-refractivity contribution is 5.97. The molecule has 2 aliphatic heterocycles. The Labute approximate surface area is 270 Å². The van der Waals surface area contributed by atoms with Gasteiger partial charge in [-0.15, -0.1) is 10.2 Å². The predicted octanol–water partition coefficient (Wildman–Crippen LogP) is 3.58. The van der Waals surface area contributed by atoms with Crippen molar-refractivity contribution in [3.05, 3.63) is 71.9 Å². The minimum Gasteiger partial charge on any atom is -0.476 e. The van der Waals surface area contributed by atoms with Gasteiger partial charge in [-0.2, -0.15) is 10.2 Å². The molecule has 0 radical (unpaired) electrons. The molecule has 1 aromatic carbocycles. The molecule has 0 atom stereocenters. The quantitative estimate of drug-likeness (QED) is 0.269. The first kappa shape index (κ1) is 29.2. The number of anilines is 1. The monoisotopic (exact) mass is 633 g/mol. The molecule has 1 N–H and O–H groups in total. The van der Waals surface area contributed by atoms with Crippen molar-refractivity contribution in [2.75, 3.05) is 31.1 Å². The summed E-state index contributed by atoms with van der Waals surface area (Å²) in [6.45, 7) is 5.92. The Morgan fingerprint density at radius 3 is 2.72 bits per heavy atom. The predicted molar refractivity (Wildman–Crippen MR) is 173 cm³/mol. The smallest absolute Gasteiger partial charge is 0.356 e. The van der Waals surface area contributed by atoms with E-state index in [4.69, 9.17) is 19.9 Å². The lowest BCUT2D eigenvalue weighted by molar-refractivity contribution is -0.129. The van der Waals surface area contributed by atoms with Gasteiger partial charge in [0.2, 0.25) is 5.91 Å². The third-order valence-corrected chi connectivity index (χ3v) is 9.88. The van der Waals surface area contributed by atoms with Crippen molar-refractivity contribution in [2.45, 2.75) is 45.4 Å². The van der Waals surface area contributed by atoms with Gasteiger partial charge in [-0.1, -0.05) is 18.2 Å². The average molecular weight is 634 g/mol. The van der Waals surface area contributed by atoms with Gasteiger partial charge in [-0.3, -0.25) is 19.1 Å². The molecule has 1 saturated heterocycles. The van der Waals surface area contributed by atoms with Crippen LogP contribution in [0.4, 0.5) is 5.82 Å². The van der Waals surface area contributed by atoms with Gasteiger partial charge in [0.15, 0.2) is 11.5 Å². The lowest BCUT2D eigenvalue weighted by Crippen LogP contribution is -2.64. The van der Waals surface area contributed by atoms with E-state index in [0.29, 0.717) is 26.2 Å². The summed E-state index contributed by atoms with van der Waals surface area (Å²) in [6.07, 6.45) is 8.82. The zero-order chi connectivity index (χ0) is 32.3. The minimum atomic E-state index is -1.07. The maximum atomic E-state index is 12.1. The number of rotatable bonds is 8. The van der Waals surface area contributed by atoms with Gasteiger partial charge in [-0.05, 0) is 36.4 Å². The molecule has 1 spiro atoms. The number of aromatic carboxylic acids is 1. The molecule has 2 fully saturated rings. The summed E-state index contributed by atoms with van der Waals surface area (Å²) in [5.74, 6) is -0.270. The van der Waals surface area contributed by atoms with Crippen molar-refractivity contribution in [3.8, 4) is 22.5 Å². The number of aromatic nitrogens is 7. The number of carboxylic acid groups (broad SMARTS) is 1. The van der Waals surface area contributed by atoms with Gasteiger partial charge in [0.05, 0.1) is 36.8 Å². The zero-order valence-electron chi connectivity index (χ0n) is 26.3. The summed E-state index contributed by atoms with van der Waals surface area (Å²) in [5, 5.41) is 28.4. The largest absolute Gasteiger partial charge is 0.476 e. The molecule has 1 amide bonds. The first-order valence-electron chi connectivity index (χ1n) is 15.9. The second-order valence-electron chi connectivity index (χ2n) is 13.0. The topological polar surface area (TPSA) is 144 Å². The number of carboxylic acids is 1. The lowest BCUT2D eigenvalue weighted by Gasteiger charge is -2.59. The number of carbonyl (C=O) groups excluding carboxylic acids is 1. The molecule has 13 heteroatoms. The summed E-state index contributed by atoms with van der Waals surface area (Å²) in [5.41, 5.74) is 6.23. The van der Waals surface area contributed by atoms with Gasteiger partial charge in [0.1, 0.15) is 0 Å². The fourth-order valence-corrected chi connectivity index (χ4v) is 7.36. The number of carbonyl (C=O) groups is 2. The number of hydrogen-bond donors (Lipinski definition) is 1. The van der Waals surface area contributed by atoms with E-state index < -0.39 is 5.97 Å². The van der Waals surface area contributed by atoms with Gasteiger partial charge in [0.25, 0.3) is 0 Å². The van der Waals surface area contributed by atoms with Crippen molar-refractivity contribution >= 4 is 28.5 Å². The maximum Gasteiger partial charge on any atom is 0.356 e. The number of benzene rings is 1. The van der Waals surface area contributed by atoms with Gasteiger partial charge in [0, 0.05) is 92.2 Å². The molecule has 0 bridgehead atoms. The van der Waals surface area contributed by atoms with Crippen LogP contribution in [0.25, 0.3) is 33.3 Å². The number of ether oxygens (including phenoxy) is 1. The fourth-order valence-electron chi connectivity index (χ4n) is 7.36. The molecule has 47 heavy (non-hydrogen) atoms. The molecule has 13 nitrogen and oxygen atoms in total. The molecule has 5 aromatic rings. The van der Waals surface area contributed by atoms with E-state index in [1.165, 1.54) is 11.8 Å². The van der Waals surface area contributed by atoms with Crippen LogP contribution >= 0.6 is 0 Å². The SMILES string of the molecule is CC(=O)N1CCc2c(c(-c3cccc4cc(-c5cnn(CCOC6CC7(C6)CN(c6ccc(C(=O)O)nn6)C7)c5)ncc34)nn2C)C1. The molecular formula is C34H35N9O4. The lowest BCUT2D eigenvalue weighted by atomic mass is 9.62. The Kier molecular flexibility index (Phi) is 7.01. The van der Waals surface area contributed by atoms with E-state index in [2.05, 4.69) is 38.4 Å². The summed E-state index contributed by atoms with van der Waals surface area (Å²) >= 11 is 0. The molecule has 240 valence electrons. The average Bonchev–Trinajstić information content (AvgIpc) is 3.65. The number of pyridine rings is 1. The van der Waals surface area contributed by atoms with E-state index in [-0.39, 0.29) is 23.1 Å². The Balaban J connectivity index is 0.877. The number of fused-ring (bicyclic) bond motifs is 2. The van der Waals surface area contributed by atoms with Crippen LogP contribution in [0.2, 0.25) is 0 Å². The first-order valence-corrected chi connectivity index (χ1v) is 15.9. The summed E-state index contributed by atoms with van der Waals surface area (Å²) < 4.78 is 10.0. The van der Waals surface area contributed by atoms with Gasteiger partial charge in [-0.25, -0.2) is 4.79 Å². The summed E-state index contributed by atoms with van der Waals surface area (Å²) in [6, 6.07) is 11.5. The van der Waals surface area contributed by atoms with E-state index >= 15 is 0 Å². The molecule has 8 rings (SSSR count). The zero-order valence-corrected chi connectivity index (χ0v) is 26.3. The molecule has 4 aromatic heterocycles. The van der Waals surface area contributed by atoms with Crippen LogP contribution in [0.3, 0.4) is 0 Å². The Morgan fingerprint density at radius 1 is 1.11 bits per heavy atom. The second kappa shape index (κ2) is 11.3. The highest BCUT2D eigenvalue weighted by atomic mass is 16.5. The Morgan fingerprint density at radius 2 is 1.96 bits per heavy atom. The minimum absolute atomic E-state index is 0.0446. The van der Waals surface area contributed by atoms with E-state index in [0.717, 1.165) is 77.0 Å². The van der Waals surface area contributed by atoms with Crippen LogP contribution < -0.4 is 4.90 Å².